The van der Waals surface area contributed by atoms with Crippen molar-refractivity contribution in [1.29, 1.82) is 0 Å². The van der Waals surface area contributed by atoms with E-state index in [4.69, 9.17) is 4.74 Å². The fraction of sp³-hybridized carbons (Fsp3) is 0.714. The number of carboxylic acid groups (broad SMARTS) is 1. The van der Waals surface area contributed by atoms with Crippen LogP contribution in [0, 0.1) is 0 Å². The van der Waals surface area contributed by atoms with Gasteiger partial charge < -0.3 is 9.84 Å². The summed E-state index contributed by atoms with van der Waals surface area (Å²) in [6.45, 7) is 10.5. The van der Waals surface area contributed by atoms with Crippen LogP contribution < -0.4 is 0 Å². The zero-order valence-corrected chi connectivity index (χ0v) is 13.2. The van der Waals surface area contributed by atoms with Crippen LogP contribution in [0.1, 0.15) is 54.0 Å². The first-order valence-corrected chi connectivity index (χ1v) is 7.79. The van der Waals surface area contributed by atoms with Crippen LogP contribution in [0.15, 0.2) is 0 Å². The molecule has 0 radical (unpaired) electrons. The highest BCUT2D eigenvalue weighted by Gasteiger charge is 2.25. The number of carboxylic acids is 1. The van der Waals surface area contributed by atoms with Crippen LogP contribution in [0.3, 0.4) is 0 Å². The second-order valence-electron chi connectivity index (χ2n) is 5.73. The summed E-state index contributed by atoms with van der Waals surface area (Å²) in [6.07, 6.45) is 0.421. The second-order valence-corrected chi connectivity index (χ2v) is 6.82. The average Bonchev–Trinajstić information content (AvgIpc) is 2.71. The topological polar surface area (TPSA) is 62.7 Å². The molecular weight excluding hydrogens is 276 g/mol. The lowest BCUT2D eigenvalue weighted by molar-refractivity contribution is -0.0705. The Bertz CT molecular complexity index is 477. The minimum atomic E-state index is -0.874. The minimum absolute atomic E-state index is 0.133. The summed E-state index contributed by atoms with van der Waals surface area (Å²) < 4.78 is 5.71. The summed E-state index contributed by atoms with van der Waals surface area (Å²) in [7, 11) is 0. The summed E-state index contributed by atoms with van der Waals surface area (Å²) in [4.78, 5) is 18.5. The molecule has 0 saturated carbocycles. The van der Waals surface area contributed by atoms with Crippen molar-refractivity contribution in [2.75, 3.05) is 13.1 Å². The summed E-state index contributed by atoms with van der Waals surface area (Å²) in [6, 6.07) is 0. The molecule has 20 heavy (non-hydrogen) atoms. The van der Waals surface area contributed by atoms with Crippen LogP contribution in [-0.4, -0.2) is 46.3 Å². The van der Waals surface area contributed by atoms with E-state index in [1.807, 2.05) is 13.8 Å². The standard InChI is InChI=1S/C14H22N2O3S/c1-8(2)12-13(14(17)18)20-11(15-12)7-16-5-9(3)19-10(4)6-16/h8-10H,5-7H2,1-4H3,(H,17,18). The molecule has 1 aromatic heterocycles. The fourth-order valence-corrected chi connectivity index (χ4v) is 3.69. The van der Waals surface area contributed by atoms with Gasteiger partial charge in [-0.25, -0.2) is 9.78 Å². The molecule has 2 heterocycles. The summed E-state index contributed by atoms with van der Waals surface area (Å²) in [5.74, 6) is -0.741. The highest BCUT2D eigenvalue weighted by molar-refractivity contribution is 7.13. The number of hydrogen-bond donors (Lipinski definition) is 1. The van der Waals surface area contributed by atoms with Crippen molar-refractivity contribution in [3.05, 3.63) is 15.6 Å². The number of aromatic nitrogens is 1. The van der Waals surface area contributed by atoms with E-state index < -0.39 is 5.97 Å². The van der Waals surface area contributed by atoms with Crippen molar-refractivity contribution in [2.24, 2.45) is 0 Å². The molecule has 1 N–H and O–H groups in total. The lowest BCUT2D eigenvalue weighted by Gasteiger charge is -2.34. The molecule has 1 aromatic rings. The number of morpholine rings is 1. The Morgan fingerprint density at radius 3 is 2.50 bits per heavy atom. The molecule has 1 aliphatic heterocycles. The number of ether oxygens (including phenoxy) is 1. The lowest BCUT2D eigenvalue weighted by Crippen LogP contribution is -2.44. The molecule has 1 fully saturated rings. The molecule has 6 heteroatoms. The molecule has 2 rings (SSSR count). The predicted molar refractivity (Wildman–Crippen MR) is 78.4 cm³/mol. The monoisotopic (exact) mass is 298 g/mol. The quantitative estimate of drug-likeness (QED) is 0.925. The largest absolute Gasteiger partial charge is 0.477 e. The molecule has 0 amide bonds. The van der Waals surface area contributed by atoms with Crippen LogP contribution in [0.5, 0.6) is 0 Å². The Morgan fingerprint density at radius 1 is 1.45 bits per heavy atom. The average molecular weight is 298 g/mol. The van der Waals surface area contributed by atoms with Gasteiger partial charge in [-0.15, -0.1) is 11.3 Å². The number of carbonyl (C=O) groups is 1. The number of nitrogens with zero attached hydrogens (tertiary/aromatic N) is 2. The van der Waals surface area contributed by atoms with Crippen LogP contribution in [-0.2, 0) is 11.3 Å². The van der Waals surface area contributed by atoms with E-state index in [0.29, 0.717) is 17.1 Å². The first kappa shape index (κ1) is 15.4. The van der Waals surface area contributed by atoms with Gasteiger partial charge in [0.1, 0.15) is 9.88 Å². The van der Waals surface area contributed by atoms with E-state index in [0.717, 1.165) is 18.1 Å². The van der Waals surface area contributed by atoms with Crippen molar-refractivity contribution < 1.29 is 14.6 Å². The smallest absolute Gasteiger partial charge is 0.347 e. The van der Waals surface area contributed by atoms with Crippen LogP contribution in [0.4, 0.5) is 0 Å². The van der Waals surface area contributed by atoms with Gasteiger partial charge in [0.25, 0.3) is 0 Å². The van der Waals surface area contributed by atoms with Gasteiger partial charge in [-0.1, -0.05) is 13.8 Å². The number of aromatic carboxylic acids is 1. The Hall–Kier alpha value is -0.980. The van der Waals surface area contributed by atoms with Gasteiger partial charge in [-0.05, 0) is 19.8 Å². The Labute approximate surface area is 123 Å². The molecule has 2 atom stereocenters. The number of hydrogen-bond acceptors (Lipinski definition) is 5. The zero-order valence-electron chi connectivity index (χ0n) is 12.4. The molecule has 0 aliphatic carbocycles. The summed E-state index contributed by atoms with van der Waals surface area (Å²) in [5.41, 5.74) is 0.701. The van der Waals surface area contributed by atoms with Gasteiger partial charge >= 0.3 is 5.97 Å². The van der Waals surface area contributed by atoms with E-state index >= 15 is 0 Å². The molecule has 2 unspecified atom stereocenters. The van der Waals surface area contributed by atoms with E-state index in [2.05, 4.69) is 23.7 Å². The third kappa shape index (κ3) is 3.56. The van der Waals surface area contributed by atoms with E-state index in [-0.39, 0.29) is 18.1 Å². The zero-order chi connectivity index (χ0) is 14.9. The third-order valence-electron chi connectivity index (χ3n) is 3.29. The summed E-state index contributed by atoms with van der Waals surface area (Å²) >= 11 is 1.30. The maximum atomic E-state index is 11.3. The predicted octanol–water partition coefficient (Wildman–Crippen LogP) is 2.57. The molecule has 112 valence electrons. The third-order valence-corrected chi connectivity index (χ3v) is 4.34. The van der Waals surface area contributed by atoms with E-state index in [1.165, 1.54) is 11.3 Å². The number of thiazole rings is 1. The van der Waals surface area contributed by atoms with Crippen LogP contribution >= 0.6 is 11.3 Å². The summed E-state index contributed by atoms with van der Waals surface area (Å²) in [5, 5.41) is 10.1. The maximum absolute atomic E-state index is 11.3. The Kier molecular flexibility index (Phi) is 4.78. The molecule has 0 spiro atoms. The Balaban J connectivity index is 2.13. The molecule has 1 aliphatic rings. The molecule has 0 aromatic carbocycles. The van der Waals surface area contributed by atoms with Gasteiger partial charge in [0.05, 0.1) is 24.4 Å². The van der Waals surface area contributed by atoms with Gasteiger partial charge in [-0.3, -0.25) is 4.90 Å². The highest BCUT2D eigenvalue weighted by atomic mass is 32.1. The normalized spacial score (nSPS) is 24.2. The van der Waals surface area contributed by atoms with Crippen molar-refractivity contribution in [1.82, 2.24) is 9.88 Å². The van der Waals surface area contributed by atoms with Gasteiger partial charge in [0, 0.05) is 13.1 Å². The van der Waals surface area contributed by atoms with Gasteiger partial charge in [0.15, 0.2) is 0 Å². The lowest BCUT2D eigenvalue weighted by atomic mass is 10.1. The fourth-order valence-electron chi connectivity index (χ4n) is 2.59. The molecular formula is C14H22N2O3S. The SMILES string of the molecule is CC1CN(Cc2nc(C(C)C)c(C(=O)O)s2)CC(C)O1. The van der Waals surface area contributed by atoms with Gasteiger partial charge in [0.2, 0.25) is 0 Å². The first-order valence-electron chi connectivity index (χ1n) is 6.97. The molecule has 1 saturated heterocycles. The van der Waals surface area contributed by atoms with Crippen molar-refractivity contribution >= 4 is 17.3 Å². The maximum Gasteiger partial charge on any atom is 0.347 e. The molecule has 5 nitrogen and oxygen atoms in total. The minimum Gasteiger partial charge on any atom is -0.477 e. The number of rotatable bonds is 4. The van der Waals surface area contributed by atoms with Crippen LogP contribution in [0.25, 0.3) is 0 Å². The van der Waals surface area contributed by atoms with Crippen molar-refractivity contribution in [3.63, 3.8) is 0 Å². The second kappa shape index (κ2) is 6.20. The van der Waals surface area contributed by atoms with Crippen molar-refractivity contribution in [2.45, 2.75) is 52.4 Å². The van der Waals surface area contributed by atoms with E-state index in [9.17, 15) is 9.90 Å². The van der Waals surface area contributed by atoms with E-state index in [1.54, 1.807) is 0 Å². The Morgan fingerprint density at radius 2 is 2.05 bits per heavy atom. The van der Waals surface area contributed by atoms with Crippen LogP contribution in [0.2, 0.25) is 0 Å². The van der Waals surface area contributed by atoms with Crippen molar-refractivity contribution in [3.8, 4) is 0 Å². The van der Waals surface area contributed by atoms with Gasteiger partial charge in [-0.2, -0.15) is 0 Å². The molecule has 0 bridgehead atoms. The highest BCUT2D eigenvalue weighted by Crippen LogP contribution is 2.26. The first-order chi connectivity index (χ1) is 9.36.